The number of hydrogen-bond acceptors (Lipinski definition) is 16. The molecular weight excluding hydrogens is 488 g/mol. The second-order valence-electron chi connectivity index (χ2n) is 7.04. The molecule has 32 heavy (non-hydrogen) atoms. The van der Waals surface area contributed by atoms with E-state index >= 15 is 0 Å². The normalized spacial score (nSPS) is 41.5. The van der Waals surface area contributed by atoms with Crippen molar-refractivity contribution in [3.8, 4) is 0 Å². The molecule has 190 valence electrons. The van der Waals surface area contributed by atoms with Crippen LogP contribution in [-0.4, -0.2) is 128 Å². The van der Waals surface area contributed by atoms with Crippen molar-refractivity contribution in [3.05, 3.63) is 0 Å². The highest BCUT2D eigenvalue weighted by atomic mass is 32.3. The summed E-state index contributed by atoms with van der Waals surface area (Å²) in [6.07, 6.45) is -16.0. The van der Waals surface area contributed by atoms with Crippen LogP contribution in [0, 0.1) is 0 Å². The molecule has 2 fully saturated rings. The molecule has 4 unspecified atom stereocenters. The Balaban J connectivity index is 2.26. The molecule has 18 heteroatoms. The van der Waals surface area contributed by atoms with E-state index in [1.807, 2.05) is 0 Å². The molecule has 2 rings (SSSR count). The van der Waals surface area contributed by atoms with E-state index < -0.39 is 95.2 Å². The second-order valence-corrected chi connectivity index (χ2v) is 9.10. The summed E-state index contributed by atoms with van der Waals surface area (Å²) in [4.78, 5) is 0. The first-order valence-electron chi connectivity index (χ1n) is 9.07. The Kier molecular flexibility index (Phi) is 9.32. The molecule has 0 spiro atoms. The average Bonchev–Trinajstić information content (AvgIpc) is 2.67. The number of ether oxygens (including phenoxy) is 4. The summed E-state index contributed by atoms with van der Waals surface area (Å²) in [5.41, 5.74) is 0. The first-order valence-corrected chi connectivity index (χ1v) is 11.7. The van der Waals surface area contributed by atoms with Gasteiger partial charge >= 0.3 is 0 Å². The Morgan fingerprint density at radius 3 is 2.00 bits per heavy atom. The number of aliphatic hydroxyl groups excluding tert-OH is 4. The molecule has 0 aromatic rings. The summed E-state index contributed by atoms with van der Waals surface area (Å²) in [5.74, 6) is 0. The van der Waals surface area contributed by atoms with Gasteiger partial charge in [0, 0.05) is 7.11 Å². The van der Waals surface area contributed by atoms with Crippen LogP contribution in [0.4, 0.5) is 0 Å². The topological polar surface area (TPSA) is 251 Å². The maximum absolute atomic E-state index is 11.0. The summed E-state index contributed by atoms with van der Waals surface area (Å²) >= 11 is 0. The first kappa shape index (κ1) is 27.7. The maximum atomic E-state index is 11.0. The molecule has 0 aromatic heterocycles. The second kappa shape index (κ2) is 10.8. The van der Waals surface area contributed by atoms with E-state index in [1.165, 1.54) is 6.92 Å². The lowest BCUT2D eigenvalue weighted by atomic mass is 9.95. The largest absolute Gasteiger partial charge is 0.726 e. The smallest absolute Gasteiger partial charge is 0.218 e. The molecule has 0 radical (unpaired) electrons. The van der Waals surface area contributed by atoms with Crippen molar-refractivity contribution >= 4 is 20.8 Å². The Bertz CT molecular complexity index is 817. The van der Waals surface area contributed by atoms with Gasteiger partial charge in [-0.3, -0.25) is 8.37 Å². The zero-order chi connectivity index (χ0) is 24.4. The van der Waals surface area contributed by atoms with Crippen molar-refractivity contribution in [3.63, 3.8) is 0 Å². The fraction of sp³-hybridized carbons (Fsp3) is 1.00. The van der Waals surface area contributed by atoms with Gasteiger partial charge in [-0.15, -0.1) is 0 Å². The third-order valence-electron chi connectivity index (χ3n) is 4.89. The number of hydrogen-bond donors (Lipinski definition) is 4. The van der Waals surface area contributed by atoms with E-state index in [0.717, 1.165) is 7.11 Å². The molecule has 0 aliphatic carbocycles. The summed E-state index contributed by atoms with van der Waals surface area (Å²) < 4.78 is 94.7. The van der Waals surface area contributed by atoms with Crippen molar-refractivity contribution in [1.29, 1.82) is 0 Å². The van der Waals surface area contributed by atoms with Crippen molar-refractivity contribution in [2.24, 2.45) is 0 Å². The molecule has 0 amide bonds. The molecule has 2 aliphatic rings. The minimum atomic E-state index is -5.30. The summed E-state index contributed by atoms with van der Waals surface area (Å²) in [6.45, 7) is -0.509. The lowest BCUT2D eigenvalue weighted by Gasteiger charge is -2.47. The van der Waals surface area contributed by atoms with Gasteiger partial charge in [0.15, 0.2) is 6.29 Å². The summed E-state index contributed by atoms with van der Waals surface area (Å²) in [6, 6.07) is 0. The average molecular weight is 512 g/mol. The van der Waals surface area contributed by atoms with Crippen LogP contribution in [0.15, 0.2) is 0 Å². The van der Waals surface area contributed by atoms with Crippen LogP contribution in [0.2, 0.25) is 0 Å². The third kappa shape index (κ3) is 6.96. The molecule has 10 atom stereocenters. The van der Waals surface area contributed by atoms with Gasteiger partial charge in [0.1, 0.15) is 48.8 Å². The third-order valence-corrected chi connectivity index (χ3v) is 5.77. The van der Waals surface area contributed by atoms with Crippen LogP contribution >= 0.6 is 0 Å². The molecule has 16 nitrogen and oxygen atoms in total. The van der Waals surface area contributed by atoms with Gasteiger partial charge in [-0.05, 0) is 6.92 Å². The van der Waals surface area contributed by atoms with Crippen molar-refractivity contribution in [1.82, 2.24) is 0 Å². The van der Waals surface area contributed by atoms with E-state index in [1.54, 1.807) is 0 Å². The summed E-state index contributed by atoms with van der Waals surface area (Å²) in [7, 11) is -9.43. The van der Waals surface area contributed by atoms with Crippen LogP contribution in [0.5, 0.6) is 0 Å². The Labute approximate surface area is 183 Å². The SMILES string of the molecule is CO[C@@H]1C(O)[C@H](O[C@H]2C(COS(=O)(=O)[O-])O[C@H](C)C(O)[C@H]2O)OC(CO)[C@@H]1OS(=O)(=O)[O-]. The van der Waals surface area contributed by atoms with Gasteiger partial charge in [0.25, 0.3) is 0 Å². The minimum Gasteiger partial charge on any atom is -0.726 e. The number of methoxy groups -OCH3 is 1. The molecule has 2 aliphatic heterocycles. The number of aliphatic hydroxyl groups is 4. The van der Waals surface area contributed by atoms with E-state index in [-0.39, 0.29) is 0 Å². The lowest BCUT2D eigenvalue weighted by Crippen LogP contribution is -2.65. The Morgan fingerprint density at radius 2 is 1.50 bits per heavy atom. The van der Waals surface area contributed by atoms with E-state index in [9.17, 15) is 46.4 Å². The highest BCUT2D eigenvalue weighted by Gasteiger charge is 2.51. The van der Waals surface area contributed by atoms with Crippen LogP contribution in [-0.2, 0) is 48.1 Å². The van der Waals surface area contributed by atoms with Gasteiger partial charge < -0.3 is 48.5 Å². The van der Waals surface area contributed by atoms with Gasteiger partial charge in [0.2, 0.25) is 20.8 Å². The highest BCUT2D eigenvalue weighted by molar-refractivity contribution is 7.81. The standard InChI is InChI=1S/C14H26O16S2/c1-5-8(16)9(17)11(7(27-5)4-26-31(19,20)21)29-14-10(18)13(25-2)12(6(3-15)28-14)30-32(22,23)24/h5-18H,3-4H2,1-2H3,(H,19,20,21)(H,22,23,24)/p-2/t5-,6?,7?,8?,9-,10?,11+,12+,13-,14+/m1/s1. The van der Waals surface area contributed by atoms with Crippen LogP contribution in [0.3, 0.4) is 0 Å². The van der Waals surface area contributed by atoms with Crippen molar-refractivity contribution < 1.29 is 73.7 Å². The molecule has 2 saturated heterocycles. The molecule has 0 saturated carbocycles. The molecule has 2 heterocycles. The van der Waals surface area contributed by atoms with Crippen molar-refractivity contribution in [2.75, 3.05) is 20.3 Å². The number of rotatable bonds is 9. The predicted octanol–water partition coefficient (Wildman–Crippen LogP) is -4.70. The molecule has 0 bridgehead atoms. The van der Waals surface area contributed by atoms with Gasteiger partial charge in [0.05, 0.1) is 19.3 Å². The van der Waals surface area contributed by atoms with E-state index in [2.05, 4.69) is 8.37 Å². The predicted molar refractivity (Wildman–Crippen MR) is 94.0 cm³/mol. The fourth-order valence-corrected chi connectivity index (χ4v) is 4.22. The monoisotopic (exact) mass is 512 g/mol. The van der Waals surface area contributed by atoms with Gasteiger partial charge in [-0.2, -0.15) is 0 Å². The zero-order valence-electron chi connectivity index (χ0n) is 16.7. The van der Waals surface area contributed by atoms with E-state index in [4.69, 9.17) is 18.9 Å². The van der Waals surface area contributed by atoms with Crippen LogP contribution in [0.25, 0.3) is 0 Å². The Hall–Kier alpha value is -0.580. The van der Waals surface area contributed by atoms with Gasteiger partial charge in [-0.25, -0.2) is 16.8 Å². The van der Waals surface area contributed by atoms with E-state index in [0.29, 0.717) is 0 Å². The van der Waals surface area contributed by atoms with Gasteiger partial charge in [-0.1, -0.05) is 0 Å². The van der Waals surface area contributed by atoms with Crippen LogP contribution < -0.4 is 0 Å². The fourth-order valence-electron chi connectivity index (χ4n) is 3.41. The maximum Gasteiger partial charge on any atom is 0.218 e. The molecule has 0 aromatic carbocycles. The minimum absolute atomic E-state index is 0.920. The van der Waals surface area contributed by atoms with Crippen LogP contribution in [0.1, 0.15) is 6.92 Å². The Morgan fingerprint density at radius 1 is 0.875 bits per heavy atom. The quantitative estimate of drug-likeness (QED) is 0.167. The summed E-state index contributed by atoms with van der Waals surface area (Å²) in [5, 5.41) is 40.4. The molecular formula is C14H24O16S2-2. The first-order chi connectivity index (χ1) is 14.7. The van der Waals surface area contributed by atoms with Crippen molar-refractivity contribution in [2.45, 2.75) is 68.1 Å². The lowest BCUT2D eigenvalue weighted by molar-refractivity contribution is -0.340. The zero-order valence-corrected chi connectivity index (χ0v) is 18.3. The highest BCUT2D eigenvalue weighted by Crippen LogP contribution is 2.31. The molecule has 4 N–H and O–H groups in total.